The molecule has 0 atom stereocenters. The van der Waals surface area contributed by atoms with Crippen LogP contribution in [0.5, 0.6) is 11.6 Å². The van der Waals surface area contributed by atoms with Gasteiger partial charge in [0.2, 0.25) is 5.95 Å². The zero-order valence-electron chi connectivity index (χ0n) is 9.39. The van der Waals surface area contributed by atoms with E-state index in [1.807, 2.05) is 0 Å². The Morgan fingerprint density at radius 2 is 2.05 bits per heavy atom. The normalized spacial score (nSPS) is 10.8. The first-order valence-corrected chi connectivity index (χ1v) is 5.98. The van der Waals surface area contributed by atoms with Crippen LogP contribution in [-0.2, 0) is 0 Å². The molecule has 0 bridgehead atoms. The van der Waals surface area contributed by atoms with Crippen molar-refractivity contribution < 1.29 is 4.74 Å². The molecule has 8 heteroatoms. The maximum absolute atomic E-state index is 6.03. The molecule has 2 heterocycles. The van der Waals surface area contributed by atoms with Gasteiger partial charge in [-0.3, -0.25) is 0 Å². The third-order valence-corrected chi connectivity index (χ3v) is 2.90. The summed E-state index contributed by atoms with van der Waals surface area (Å²) >= 11 is 11.9. The summed E-state index contributed by atoms with van der Waals surface area (Å²) in [6.45, 7) is 0. The molecule has 3 N–H and O–H groups in total. The second-order valence-electron chi connectivity index (χ2n) is 3.66. The van der Waals surface area contributed by atoms with Crippen LogP contribution in [0.2, 0.25) is 10.0 Å². The van der Waals surface area contributed by atoms with E-state index >= 15 is 0 Å². The molecule has 19 heavy (non-hydrogen) atoms. The standard InChI is InChI=1S/C11H7Cl2N5O/c12-5-1-2-7(6(13)3-5)19-10-8-9(16-4-15-8)17-11(14)18-10/h1-4H,(H3,14,15,16,17,18). The Morgan fingerprint density at radius 3 is 2.84 bits per heavy atom. The van der Waals surface area contributed by atoms with E-state index in [9.17, 15) is 0 Å². The molecule has 2 aromatic heterocycles. The first kappa shape index (κ1) is 12.0. The predicted molar refractivity (Wildman–Crippen MR) is 72.6 cm³/mol. The molecule has 0 saturated heterocycles. The molecule has 3 rings (SSSR count). The minimum atomic E-state index is 0.0692. The lowest BCUT2D eigenvalue weighted by Crippen LogP contribution is -1.98. The molecule has 0 spiro atoms. The van der Waals surface area contributed by atoms with Crippen LogP contribution in [0, 0.1) is 0 Å². The molecule has 0 aliphatic heterocycles. The Kier molecular flexibility index (Phi) is 2.88. The topological polar surface area (TPSA) is 89.7 Å². The van der Waals surface area contributed by atoms with Crippen molar-refractivity contribution in [1.29, 1.82) is 0 Å². The summed E-state index contributed by atoms with van der Waals surface area (Å²) in [5, 5.41) is 0.892. The molecule has 0 radical (unpaired) electrons. The Hall–Kier alpha value is -2.05. The highest BCUT2D eigenvalue weighted by Gasteiger charge is 2.12. The van der Waals surface area contributed by atoms with Gasteiger partial charge >= 0.3 is 0 Å². The number of H-pyrrole nitrogens is 1. The average Bonchev–Trinajstić information content (AvgIpc) is 2.80. The van der Waals surface area contributed by atoms with E-state index in [4.69, 9.17) is 33.7 Å². The van der Waals surface area contributed by atoms with Crippen molar-refractivity contribution in [2.75, 3.05) is 5.73 Å². The lowest BCUT2D eigenvalue weighted by atomic mass is 10.3. The highest BCUT2D eigenvalue weighted by Crippen LogP contribution is 2.32. The molecule has 0 saturated carbocycles. The lowest BCUT2D eigenvalue weighted by molar-refractivity contribution is 0.468. The van der Waals surface area contributed by atoms with Gasteiger partial charge in [-0.25, -0.2) is 4.98 Å². The van der Waals surface area contributed by atoms with Crippen molar-refractivity contribution in [2.45, 2.75) is 0 Å². The van der Waals surface area contributed by atoms with Gasteiger partial charge in [0.15, 0.2) is 5.65 Å². The summed E-state index contributed by atoms with van der Waals surface area (Å²) < 4.78 is 5.62. The van der Waals surface area contributed by atoms with Crippen LogP contribution in [0.3, 0.4) is 0 Å². The Balaban J connectivity index is 2.07. The van der Waals surface area contributed by atoms with Crippen LogP contribution in [0.1, 0.15) is 0 Å². The van der Waals surface area contributed by atoms with Gasteiger partial charge in [-0.1, -0.05) is 23.2 Å². The average molecular weight is 296 g/mol. The summed E-state index contributed by atoms with van der Waals surface area (Å²) in [6, 6.07) is 4.88. The quantitative estimate of drug-likeness (QED) is 0.758. The van der Waals surface area contributed by atoms with Gasteiger partial charge in [0, 0.05) is 5.02 Å². The third kappa shape index (κ3) is 2.27. The number of hydrogen-bond acceptors (Lipinski definition) is 5. The highest BCUT2D eigenvalue weighted by molar-refractivity contribution is 6.35. The Morgan fingerprint density at radius 1 is 1.21 bits per heavy atom. The second-order valence-corrected chi connectivity index (χ2v) is 4.51. The van der Waals surface area contributed by atoms with E-state index in [1.54, 1.807) is 18.2 Å². The van der Waals surface area contributed by atoms with Crippen LogP contribution in [0.25, 0.3) is 11.2 Å². The van der Waals surface area contributed by atoms with E-state index in [0.717, 1.165) is 0 Å². The number of nitrogens with zero attached hydrogens (tertiary/aromatic N) is 3. The van der Waals surface area contributed by atoms with Crippen LogP contribution in [-0.4, -0.2) is 19.9 Å². The predicted octanol–water partition coefficient (Wildman–Crippen LogP) is 3.03. The summed E-state index contributed by atoms with van der Waals surface area (Å²) in [4.78, 5) is 14.9. The highest BCUT2D eigenvalue weighted by atomic mass is 35.5. The van der Waals surface area contributed by atoms with Gasteiger partial charge in [0.25, 0.3) is 5.88 Å². The number of nitrogens with two attached hydrogens (primary N) is 1. The zero-order valence-corrected chi connectivity index (χ0v) is 10.9. The smallest absolute Gasteiger partial charge is 0.250 e. The summed E-state index contributed by atoms with van der Waals surface area (Å²) in [7, 11) is 0. The fourth-order valence-corrected chi connectivity index (χ4v) is 2.01. The fourth-order valence-electron chi connectivity index (χ4n) is 1.56. The van der Waals surface area contributed by atoms with Gasteiger partial charge in [-0.15, -0.1) is 0 Å². The number of aromatic amines is 1. The van der Waals surface area contributed by atoms with E-state index in [2.05, 4.69) is 19.9 Å². The SMILES string of the molecule is Nc1nc(Oc2ccc(Cl)cc2Cl)c2[nH]cnc2n1. The molecular formula is C11H7Cl2N5O. The molecular weight excluding hydrogens is 289 g/mol. The summed E-state index contributed by atoms with van der Waals surface area (Å²) in [5.41, 5.74) is 6.56. The van der Waals surface area contributed by atoms with Crippen molar-refractivity contribution in [3.8, 4) is 11.6 Å². The van der Waals surface area contributed by atoms with Crippen molar-refractivity contribution in [2.24, 2.45) is 0 Å². The van der Waals surface area contributed by atoms with Crippen molar-refractivity contribution in [1.82, 2.24) is 19.9 Å². The number of benzene rings is 1. The van der Waals surface area contributed by atoms with Gasteiger partial charge in [-0.05, 0) is 18.2 Å². The molecule has 0 unspecified atom stereocenters. The number of ether oxygens (including phenoxy) is 1. The minimum absolute atomic E-state index is 0.0692. The third-order valence-electron chi connectivity index (χ3n) is 2.37. The minimum Gasteiger partial charge on any atom is -0.435 e. The van der Waals surface area contributed by atoms with Crippen LogP contribution in [0.4, 0.5) is 5.95 Å². The van der Waals surface area contributed by atoms with Crippen LogP contribution in [0.15, 0.2) is 24.5 Å². The van der Waals surface area contributed by atoms with Crippen molar-refractivity contribution in [3.05, 3.63) is 34.6 Å². The van der Waals surface area contributed by atoms with E-state index in [-0.39, 0.29) is 11.8 Å². The second kappa shape index (κ2) is 4.56. The molecule has 96 valence electrons. The number of aromatic nitrogens is 4. The number of anilines is 1. The number of halogens is 2. The van der Waals surface area contributed by atoms with E-state index in [0.29, 0.717) is 27.0 Å². The Bertz CT molecular complexity index is 758. The van der Waals surface area contributed by atoms with Crippen molar-refractivity contribution in [3.63, 3.8) is 0 Å². The monoisotopic (exact) mass is 295 g/mol. The van der Waals surface area contributed by atoms with Crippen LogP contribution < -0.4 is 10.5 Å². The number of nitrogen functional groups attached to an aromatic ring is 1. The molecule has 0 fully saturated rings. The van der Waals surface area contributed by atoms with Gasteiger partial charge in [-0.2, -0.15) is 9.97 Å². The molecule has 1 aromatic carbocycles. The molecule has 6 nitrogen and oxygen atoms in total. The largest absolute Gasteiger partial charge is 0.435 e. The fraction of sp³-hybridized carbons (Fsp3) is 0. The molecule has 0 aliphatic carbocycles. The van der Waals surface area contributed by atoms with E-state index < -0.39 is 0 Å². The van der Waals surface area contributed by atoms with Gasteiger partial charge in [0.1, 0.15) is 11.3 Å². The maximum Gasteiger partial charge on any atom is 0.250 e. The maximum atomic E-state index is 6.03. The number of rotatable bonds is 2. The zero-order chi connectivity index (χ0) is 13.4. The number of hydrogen-bond donors (Lipinski definition) is 2. The molecule has 3 aromatic rings. The first-order valence-electron chi connectivity index (χ1n) is 5.23. The molecule has 0 amide bonds. The number of imidazole rings is 1. The molecule has 0 aliphatic rings. The van der Waals surface area contributed by atoms with Crippen molar-refractivity contribution >= 4 is 40.3 Å². The number of nitrogens with one attached hydrogen (secondary N) is 1. The summed E-state index contributed by atoms with van der Waals surface area (Å²) in [5.74, 6) is 0.740. The van der Waals surface area contributed by atoms with Crippen LogP contribution >= 0.6 is 23.2 Å². The first-order chi connectivity index (χ1) is 9.13. The number of fused-ring (bicyclic) bond motifs is 1. The van der Waals surface area contributed by atoms with Gasteiger partial charge in [0.05, 0.1) is 11.3 Å². The van der Waals surface area contributed by atoms with E-state index in [1.165, 1.54) is 6.33 Å². The lowest BCUT2D eigenvalue weighted by Gasteiger charge is -2.07. The summed E-state index contributed by atoms with van der Waals surface area (Å²) in [6.07, 6.45) is 1.48. The van der Waals surface area contributed by atoms with Gasteiger partial charge < -0.3 is 15.5 Å². The Labute approximate surface area is 117 Å².